The van der Waals surface area contributed by atoms with Gasteiger partial charge in [0.1, 0.15) is 12.4 Å². The van der Waals surface area contributed by atoms with Crippen LogP contribution < -0.4 is 0 Å². The summed E-state index contributed by atoms with van der Waals surface area (Å²) < 4.78 is 19.2. The lowest BCUT2D eigenvalue weighted by atomic mass is 9.92. The van der Waals surface area contributed by atoms with E-state index in [1.165, 1.54) is 6.07 Å². The van der Waals surface area contributed by atoms with Gasteiger partial charge < -0.3 is 9.64 Å². The number of halogens is 1. The van der Waals surface area contributed by atoms with E-state index in [2.05, 4.69) is 0 Å². The number of fused-ring (bicyclic) bond motifs is 1. The lowest BCUT2D eigenvalue weighted by Gasteiger charge is -2.44. The van der Waals surface area contributed by atoms with Crippen LogP contribution in [0.2, 0.25) is 0 Å². The number of piperazine rings is 1. The Kier molecular flexibility index (Phi) is 5.03. The van der Waals surface area contributed by atoms with E-state index in [0.29, 0.717) is 43.8 Å². The third-order valence-corrected chi connectivity index (χ3v) is 6.16. The van der Waals surface area contributed by atoms with Crippen LogP contribution >= 0.6 is 0 Å². The molecule has 2 aromatic rings. The summed E-state index contributed by atoms with van der Waals surface area (Å²) in [5.74, 6) is -0.293. The van der Waals surface area contributed by atoms with Gasteiger partial charge in [-0.05, 0) is 48.6 Å². The molecule has 0 aromatic heterocycles. The molecule has 2 amide bonds. The summed E-state index contributed by atoms with van der Waals surface area (Å²) in [6.07, 6.45) is 0.924. The first-order valence-corrected chi connectivity index (χ1v) is 10.00. The number of cyclic esters (lactones) is 1. The first kappa shape index (κ1) is 19.4. The van der Waals surface area contributed by atoms with Gasteiger partial charge in [-0.2, -0.15) is 0 Å². The molecule has 4 rings (SSSR count). The van der Waals surface area contributed by atoms with Crippen molar-refractivity contribution in [1.82, 2.24) is 9.80 Å². The topological polar surface area (TPSA) is 49.9 Å². The fraction of sp³-hybridized carbons (Fsp3) is 0.391. The van der Waals surface area contributed by atoms with Gasteiger partial charge in [0.05, 0.1) is 5.54 Å². The number of carbonyl (C=O) groups excluding carboxylic acids is 2. The van der Waals surface area contributed by atoms with Crippen molar-refractivity contribution in [2.75, 3.05) is 26.2 Å². The van der Waals surface area contributed by atoms with Gasteiger partial charge in [-0.15, -0.1) is 0 Å². The molecule has 2 aromatic carbocycles. The van der Waals surface area contributed by atoms with Gasteiger partial charge in [0.15, 0.2) is 0 Å². The molecular formula is C23H25FN2O3. The largest absolute Gasteiger partial charge is 0.447 e. The quantitative estimate of drug-likeness (QED) is 0.790. The molecule has 1 unspecified atom stereocenters. The van der Waals surface area contributed by atoms with Crippen molar-refractivity contribution in [3.63, 3.8) is 0 Å². The normalized spacial score (nSPS) is 21.1. The van der Waals surface area contributed by atoms with E-state index in [4.69, 9.17) is 4.74 Å². The minimum Gasteiger partial charge on any atom is -0.447 e. The number of amides is 2. The summed E-state index contributed by atoms with van der Waals surface area (Å²) in [5.41, 5.74) is 2.48. The number of benzene rings is 2. The average Bonchev–Trinajstić information content (AvgIpc) is 3.07. The van der Waals surface area contributed by atoms with Crippen LogP contribution in [0.3, 0.4) is 0 Å². The second-order valence-electron chi connectivity index (χ2n) is 7.93. The first-order chi connectivity index (χ1) is 13.9. The summed E-state index contributed by atoms with van der Waals surface area (Å²) in [4.78, 5) is 28.9. The number of rotatable bonds is 4. The van der Waals surface area contributed by atoms with Crippen LogP contribution in [0.25, 0.3) is 0 Å². The zero-order chi connectivity index (χ0) is 20.6. The minimum absolute atomic E-state index is 0.0555. The maximum Gasteiger partial charge on any atom is 0.410 e. The SMILES string of the molecule is CCC12COC(=O)N1CCN(C(=O)c1ccccc1Cc1ccc(C)c(F)c1)C2. The Balaban J connectivity index is 1.58. The fourth-order valence-corrected chi connectivity index (χ4v) is 4.26. The molecule has 1 atom stereocenters. The molecule has 29 heavy (non-hydrogen) atoms. The summed E-state index contributed by atoms with van der Waals surface area (Å²) in [6, 6.07) is 12.7. The third kappa shape index (κ3) is 3.48. The highest BCUT2D eigenvalue weighted by Crippen LogP contribution is 2.32. The predicted molar refractivity (Wildman–Crippen MR) is 107 cm³/mol. The predicted octanol–water partition coefficient (Wildman–Crippen LogP) is 3.78. The Morgan fingerprint density at radius 1 is 1.21 bits per heavy atom. The van der Waals surface area contributed by atoms with E-state index >= 15 is 0 Å². The molecule has 152 valence electrons. The van der Waals surface area contributed by atoms with Crippen LogP contribution in [0.4, 0.5) is 9.18 Å². The summed E-state index contributed by atoms with van der Waals surface area (Å²) in [6.45, 7) is 5.48. The standard InChI is InChI=1S/C23H25FN2O3/c1-3-23-14-25(10-11-26(23)22(28)29-15-23)21(27)19-7-5-4-6-18(19)12-17-9-8-16(2)20(24)13-17/h4-9,13H,3,10-12,14-15H2,1-2H3. The smallest absolute Gasteiger partial charge is 0.410 e. The Morgan fingerprint density at radius 3 is 2.76 bits per heavy atom. The highest BCUT2D eigenvalue weighted by Gasteiger charge is 2.50. The van der Waals surface area contributed by atoms with Crippen molar-refractivity contribution in [1.29, 1.82) is 0 Å². The molecule has 2 aliphatic heterocycles. The minimum atomic E-state index is -0.444. The summed E-state index contributed by atoms with van der Waals surface area (Å²) in [5, 5.41) is 0. The van der Waals surface area contributed by atoms with Crippen molar-refractivity contribution in [3.05, 3.63) is 70.5 Å². The number of nitrogens with zero attached hydrogens (tertiary/aromatic N) is 2. The van der Waals surface area contributed by atoms with Crippen molar-refractivity contribution < 1.29 is 18.7 Å². The van der Waals surface area contributed by atoms with E-state index in [0.717, 1.165) is 17.5 Å². The van der Waals surface area contributed by atoms with Crippen LogP contribution in [0.5, 0.6) is 0 Å². The van der Waals surface area contributed by atoms with Crippen molar-refractivity contribution >= 4 is 12.0 Å². The summed E-state index contributed by atoms with van der Waals surface area (Å²) >= 11 is 0. The Hall–Kier alpha value is -2.89. The first-order valence-electron chi connectivity index (χ1n) is 10.00. The van der Waals surface area contributed by atoms with Crippen molar-refractivity contribution in [2.45, 2.75) is 32.2 Å². The van der Waals surface area contributed by atoms with Crippen LogP contribution in [-0.4, -0.2) is 53.6 Å². The van der Waals surface area contributed by atoms with Gasteiger partial charge in [-0.25, -0.2) is 9.18 Å². The van der Waals surface area contributed by atoms with Gasteiger partial charge in [0.2, 0.25) is 0 Å². The number of aryl methyl sites for hydroxylation is 1. The van der Waals surface area contributed by atoms with Crippen molar-refractivity contribution in [2.24, 2.45) is 0 Å². The van der Waals surface area contributed by atoms with Gasteiger partial charge >= 0.3 is 6.09 Å². The Morgan fingerprint density at radius 2 is 2.00 bits per heavy atom. The Labute approximate surface area is 170 Å². The lowest BCUT2D eigenvalue weighted by Crippen LogP contribution is -2.62. The number of hydrogen-bond acceptors (Lipinski definition) is 3. The van der Waals surface area contributed by atoms with Crippen molar-refractivity contribution in [3.8, 4) is 0 Å². The summed E-state index contributed by atoms with van der Waals surface area (Å²) in [7, 11) is 0. The Bertz CT molecular complexity index is 961. The lowest BCUT2D eigenvalue weighted by molar-refractivity contribution is 0.0361. The van der Waals surface area contributed by atoms with E-state index in [-0.39, 0.29) is 17.8 Å². The van der Waals surface area contributed by atoms with Gasteiger partial charge in [0, 0.05) is 25.2 Å². The molecule has 2 fully saturated rings. The molecule has 5 nitrogen and oxygen atoms in total. The van der Waals surface area contributed by atoms with E-state index in [9.17, 15) is 14.0 Å². The number of ether oxygens (including phenoxy) is 1. The molecule has 0 radical (unpaired) electrons. The molecule has 0 spiro atoms. The highest BCUT2D eigenvalue weighted by molar-refractivity contribution is 5.96. The average molecular weight is 396 g/mol. The van der Waals surface area contributed by atoms with Crippen LogP contribution in [-0.2, 0) is 11.2 Å². The van der Waals surface area contributed by atoms with Gasteiger partial charge in [0.25, 0.3) is 5.91 Å². The maximum atomic E-state index is 14.0. The molecule has 0 aliphatic carbocycles. The molecule has 0 N–H and O–H groups in total. The van der Waals surface area contributed by atoms with E-state index < -0.39 is 5.54 Å². The second-order valence-corrected chi connectivity index (χ2v) is 7.93. The van der Waals surface area contributed by atoms with Gasteiger partial charge in [-0.3, -0.25) is 9.69 Å². The zero-order valence-electron chi connectivity index (χ0n) is 16.8. The van der Waals surface area contributed by atoms with Crippen LogP contribution in [0.15, 0.2) is 42.5 Å². The maximum absolute atomic E-state index is 14.0. The van der Waals surface area contributed by atoms with Crippen LogP contribution in [0, 0.1) is 12.7 Å². The second kappa shape index (κ2) is 7.50. The molecule has 0 saturated carbocycles. The number of carbonyl (C=O) groups is 2. The third-order valence-electron chi connectivity index (χ3n) is 6.16. The molecule has 2 saturated heterocycles. The molecule has 6 heteroatoms. The highest BCUT2D eigenvalue weighted by atomic mass is 19.1. The fourth-order valence-electron chi connectivity index (χ4n) is 4.26. The zero-order valence-corrected chi connectivity index (χ0v) is 16.8. The van der Waals surface area contributed by atoms with E-state index in [1.54, 1.807) is 17.9 Å². The number of hydrogen-bond donors (Lipinski definition) is 0. The molecule has 2 heterocycles. The van der Waals surface area contributed by atoms with Gasteiger partial charge in [-0.1, -0.05) is 37.3 Å². The van der Waals surface area contributed by atoms with Crippen LogP contribution in [0.1, 0.15) is 40.4 Å². The molecule has 0 bridgehead atoms. The monoisotopic (exact) mass is 396 g/mol. The van der Waals surface area contributed by atoms with E-state index in [1.807, 2.05) is 42.2 Å². The molecular weight excluding hydrogens is 371 g/mol. The molecule has 2 aliphatic rings.